The summed E-state index contributed by atoms with van der Waals surface area (Å²) in [5, 5.41) is 7.98. The van der Waals surface area contributed by atoms with Crippen molar-refractivity contribution < 1.29 is 0 Å². The summed E-state index contributed by atoms with van der Waals surface area (Å²) in [4.78, 5) is 2.30. The Morgan fingerprint density at radius 1 is 1.36 bits per heavy atom. The van der Waals surface area contributed by atoms with Crippen molar-refractivity contribution in [2.45, 2.75) is 32.2 Å². The molecular formula is C10H16N4. The van der Waals surface area contributed by atoms with Crippen LogP contribution in [0.3, 0.4) is 0 Å². The number of anilines is 2. The van der Waals surface area contributed by atoms with Crippen molar-refractivity contribution in [1.82, 2.24) is 10.2 Å². The lowest BCUT2D eigenvalue weighted by molar-refractivity contribution is 0.480. The van der Waals surface area contributed by atoms with Gasteiger partial charge in [-0.3, -0.25) is 0 Å². The Balaban J connectivity index is 2.16. The molecule has 0 spiro atoms. The summed E-state index contributed by atoms with van der Waals surface area (Å²) >= 11 is 0. The first-order valence-electron chi connectivity index (χ1n) is 5.13. The Hall–Kier alpha value is -1.32. The van der Waals surface area contributed by atoms with E-state index in [4.69, 9.17) is 5.73 Å². The Kier molecular flexibility index (Phi) is 2.52. The van der Waals surface area contributed by atoms with E-state index < -0.39 is 0 Å². The minimum atomic E-state index is 0.485. The molecule has 2 rings (SSSR count). The minimum Gasteiger partial charge on any atom is -0.382 e. The van der Waals surface area contributed by atoms with E-state index in [0.717, 1.165) is 12.4 Å². The first-order chi connectivity index (χ1) is 6.77. The van der Waals surface area contributed by atoms with E-state index in [1.807, 2.05) is 12.1 Å². The molecule has 0 aromatic carbocycles. The second kappa shape index (κ2) is 3.82. The van der Waals surface area contributed by atoms with Crippen LogP contribution in [0.4, 0.5) is 11.6 Å². The van der Waals surface area contributed by atoms with Gasteiger partial charge in [0, 0.05) is 12.6 Å². The quantitative estimate of drug-likeness (QED) is 0.731. The van der Waals surface area contributed by atoms with Crippen LogP contribution in [0.15, 0.2) is 12.1 Å². The average Bonchev–Trinajstić information content (AvgIpc) is 2.20. The van der Waals surface area contributed by atoms with Crippen LogP contribution in [0, 0.1) is 0 Å². The molecule has 1 saturated heterocycles. The highest BCUT2D eigenvalue weighted by Crippen LogP contribution is 2.22. The molecule has 4 heteroatoms. The van der Waals surface area contributed by atoms with Crippen molar-refractivity contribution in [2.75, 3.05) is 17.2 Å². The standard InChI is InChI=1S/C10H16N4/c1-8-4-2-3-7-14(8)10-6-5-9(11)12-13-10/h5-6,8H,2-4,7H2,1H3,(H2,11,12). The maximum Gasteiger partial charge on any atom is 0.151 e. The number of rotatable bonds is 1. The van der Waals surface area contributed by atoms with Crippen LogP contribution in [-0.2, 0) is 0 Å². The fourth-order valence-electron chi connectivity index (χ4n) is 1.93. The molecule has 14 heavy (non-hydrogen) atoms. The molecule has 1 aliphatic heterocycles. The zero-order chi connectivity index (χ0) is 9.97. The Morgan fingerprint density at radius 2 is 2.21 bits per heavy atom. The van der Waals surface area contributed by atoms with Crippen LogP contribution in [0.1, 0.15) is 26.2 Å². The van der Waals surface area contributed by atoms with Gasteiger partial charge in [-0.25, -0.2) is 0 Å². The number of hydrogen-bond acceptors (Lipinski definition) is 4. The molecule has 1 aliphatic rings. The molecule has 0 radical (unpaired) electrons. The molecule has 1 aromatic rings. The van der Waals surface area contributed by atoms with Crippen LogP contribution >= 0.6 is 0 Å². The Labute approximate surface area is 84.1 Å². The third-order valence-electron chi connectivity index (χ3n) is 2.77. The van der Waals surface area contributed by atoms with Gasteiger partial charge in [0.25, 0.3) is 0 Å². The predicted octanol–water partition coefficient (Wildman–Crippen LogP) is 1.44. The molecule has 76 valence electrons. The lowest BCUT2D eigenvalue weighted by Gasteiger charge is -2.33. The molecular weight excluding hydrogens is 176 g/mol. The summed E-state index contributed by atoms with van der Waals surface area (Å²) in [6.07, 6.45) is 3.81. The number of piperidine rings is 1. The van der Waals surface area contributed by atoms with Crippen LogP contribution in [0.5, 0.6) is 0 Å². The number of nitrogen functional groups attached to an aromatic ring is 1. The second-order valence-electron chi connectivity index (χ2n) is 3.85. The lowest BCUT2D eigenvalue weighted by atomic mass is 10.0. The first-order valence-corrected chi connectivity index (χ1v) is 5.13. The molecule has 2 heterocycles. The highest BCUT2D eigenvalue weighted by molar-refractivity contribution is 5.42. The van der Waals surface area contributed by atoms with Crippen molar-refractivity contribution in [3.05, 3.63) is 12.1 Å². The summed E-state index contributed by atoms with van der Waals surface area (Å²) in [5.41, 5.74) is 5.50. The van der Waals surface area contributed by atoms with Crippen molar-refractivity contribution >= 4 is 11.6 Å². The Morgan fingerprint density at radius 3 is 2.86 bits per heavy atom. The number of hydrogen-bond donors (Lipinski definition) is 1. The average molecular weight is 192 g/mol. The topological polar surface area (TPSA) is 55.0 Å². The van der Waals surface area contributed by atoms with Gasteiger partial charge in [-0.1, -0.05) is 0 Å². The maximum atomic E-state index is 5.50. The molecule has 1 atom stereocenters. The van der Waals surface area contributed by atoms with Crippen molar-refractivity contribution in [2.24, 2.45) is 0 Å². The van der Waals surface area contributed by atoms with E-state index in [1.165, 1.54) is 19.3 Å². The summed E-state index contributed by atoms with van der Waals surface area (Å²) in [5.74, 6) is 1.44. The van der Waals surface area contributed by atoms with Gasteiger partial charge in [-0.05, 0) is 38.3 Å². The van der Waals surface area contributed by atoms with Crippen molar-refractivity contribution in [1.29, 1.82) is 0 Å². The summed E-state index contributed by atoms with van der Waals surface area (Å²) < 4.78 is 0. The van der Waals surface area contributed by atoms with Gasteiger partial charge in [0.15, 0.2) is 5.82 Å². The maximum absolute atomic E-state index is 5.50. The second-order valence-corrected chi connectivity index (χ2v) is 3.85. The van der Waals surface area contributed by atoms with Gasteiger partial charge in [0.2, 0.25) is 0 Å². The summed E-state index contributed by atoms with van der Waals surface area (Å²) in [6, 6.07) is 4.33. The summed E-state index contributed by atoms with van der Waals surface area (Å²) in [6.45, 7) is 3.32. The third-order valence-corrected chi connectivity index (χ3v) is 2.77. The molecule has 0 saturated carbocycles. The zero-order valence-electron chi connectivity index (χ0n) is 8.48. The molecule has 0 aliphatic carbocycles. The molecule has 1 aromatic heterocycles. The van der Waals surface area contributed by atoms with Crippen molar-refractivity contribution in [3.8, 4) is 0 Å². The number of nitrogens with two attached hydrogens (primary N) is 1. The molecule has 2 N–H and O–H groups in total. The van der Waals surface area contributed by atoms with Gasteiger partial charge in [0.1, 0.15) is 5.82 Å². The van der Waals surface area contributed by atoms with E-state index in [2.05, 4.69) is 22.0 Å². The van der Waals surface area contributed by atoms with E-state index in [0.29, 0.717) is 11.9 Å². The first kappa shape index (κ1) is 9.24. The molecule has 1 unspecified atom stereocenters. The van der Waals surface area contributed by atoms with Crippen LogP contribution in [0.25, 0.3) is 0 Å². The van der Waals surface area contributed by atoms with Crippen LogP contribution < -0.4 is 10.6 Å². The van der Waals surface area contributed by atoms with Gasteiger partial charge >= 0.3 is 0 Å². The van der Waals surface area contributed by atoms with Gasteiger partial charge in [-0.2, -0.15) is 0 Å². The van der Waals surface area contributed by atoms with Gasteiger partial charge in [-0.15, -0.1) is 10.2 Å². The van der Waals surface area contributed by atoms with Gasteiger partial charge < -0.3 is 10.6 Å². The smallest absolute Gasteiger partial charge is 0.151 e. The van der Waals surface area contributed by atoms with Crippen LogP contribution in [0.2, 0.25) is 0 Å². The fourth-order valence-corrected chi connectivity index (χ4v) is 1.93. The van der Waals surface area contributed by atoms with E-state index >= 15 is 0 Å². The van der Waals surface area contributed by atoms with E-state index in [9.17, 15) is 0 Å². The predicted molar refractivity (Wildman–Crippen MR) is 57.1 cm³/mol. The molecule has 1 fully saturated rings. The number of aromatic nitrogens is 2. The third kappa shape index (κ3) is 1.78. The van der Waals surface area contributed by atoms with Crippen molar-refractivity contribution in [3.63, 3.8) is 0 Å². The molecule has 0 bridgehead atoms. The van der Waals surface area contributed by atoms with E-state index in [-0.39, 0.29) is 0 Å². The molecule has 4 nitrogen and oxygen atoms in total. The normalized spacial score (nSPS) is 22.4. The van der Waals surface area contributed by atoms with Crippen LogP contribution in [-0.4, -0.2) is 22.8 Å². The molecule has 0 amide bonds. The zero-order valence-corrected chi connectivity index (χ0v) is 8.48. The highest BCUT2D eigenvalue weighted by Gasteiger charge is 2.19. The highest BCUT2D eigenvalue weighted by atomic mass is 15.3. The largest absolute Gasteiger partial charge is 0.382 e. The SMILES string of the molecule is CC1CCCCN1c1ccc(N)nn1. The van der Waals surface area contributed by atoms with E-state index in [1.54, 1.807) is 0 Å². The number of nitrogens with zero attached hydrogens (tertiary/aromatic N) is 3. The summed E-state index contributed by atoms with van der Waals surface area (Å²) in [7, 11) is 0. The monoisotopic (exact) mass is 192 g/mol. The Bertz CT molecular complexity index is 295. The van der Waals surface area contributed by atoms with Gasteiger partial charge in [0.05, 0.1) is 0 Å². The lowest BCUT2D eigenvalue weighted by Crippen LogP contribution is -2.38. The fraction of sp³-hybridized carbons (Fsp3) is 0.600. The minimum absolute atomic E-state index is 0.485.